The summed E-state index contributed by atoms with van der Waals surface area (Å²) in [7, 11) is 0. The smallest absolute Gasteiger partial charge is 0.330 e. The van der Waals surface area contributed by atoms with E-state index in [1.54, 1.807) is 24.3 Å². The first-order valence-corrected chi connectivity index (χ1v) is 9.54. The average Bonchev–Trinajstić information content (AvgIpc) is 3.21. The van der Waals surface area contributed by atoms with Gasteiger partial charge in [0.15, 0.2) is 0 Å². The number of imide groups is 2. The maximum Gasteiger partial charge on any atom is 0.333 e. The Balaban J connectivity index is 1.40. The second kappa shape index (κ2) is 9.29. The SMILES string of the molecule is O=C(CCc1ccc(CCC(=O)ON2C(=O)CCC2=O)cc1)ON1C(=O)CCC1=O. The van der Waals surface area contributed by atoms with Crippen molar-refractivity contribution in [3.05, 3.63) is 35.4 Å². The Hall–Kier alpha value is -3.56. The van der Waals surface area contributed by atoms with Crippen molar-refractivity contribution in [3.63, 3.8) is 0 Å². The van der Waals surface area contributed by atoms with Crippen LogP contribution < -0.4 is 0 Å². The lowest BCUT2D eigenvalue weighted by Crippen LogP contribution is -2.32. The van der Waals surface area contributed by atoms with Crippen molar-refractivity contribution in [2.24, 2.45) is 0 Å². The molecule has 10 nitrogen and oxygen atoms in total. The minimum atomic E-state index is -0.670. The van der Waals surface area contributed by atoms with Gasteiger partial charge in [0.2, 0.25) is 0 Å². The van der Waals surface area contributed by atoms with Crippen LogP contribution in [0.4, 0.5) is 0 Å². The first-order valence-electron chi connectivity index (χ1n) is 9.54. The fourth-order valence-corrected chi connectivity index (χ4v) is 2.98. The number of benzene rings is 1. The molecular formula is C20H20N2O8. The third-order valence-electron chi connectivity index (χ3n) is 4.66. The zero-order valence-corrected chi connectivity index (χ0v) is 16.1. The summed E-state index contributed by atoms with van der Waals surface area (Å²) in [5, 5.41) is 1.04. The van der Waals surface area contributed by atoms with Crippen molar-refractivity contribution in [2.75, 3.05) is 0 Å². The minimum absolute atomic E-state index is 0.000620. The molecule has 3 rings (SSSR count). The van der Waals surface area contributed by atoms with Gasteiger partial charge in [0, 0.05) is 25.7 Å². The summed E-state index contributed by atoms with van der Waals surface area (Å²) in [5.74, 6) is -3.42. The van der Waals surface area contributed by atoms with Crippen LogP contribution in [0, 0.1) is 0 Å². The summed E-state index contributed by atoms with van der Waals surface area (Å²) in [6, 6.07) is 7.14. The van der Waals surface area contributed by atoms with Gasteiger partial charge in [0.25, 0.3) is 23.6 Å². The molecule has 158 valence electrons. The number of hydrogen-bond donors (Lipinski definition) is 0. The predicted octanol–water partition coefficient (Wildman–Crippen LogP) is 0.766. The molecule has 0 radical (unpaired) electrons. The highest BCUT2D eigenvalue weighted by Crippen LogP contribution is 2.15. The van der Waals surface area contributed by atoms with Gasteiger partial charge in [0.05, 0.1) is 12.8 Å². The lowest BCUT2D eigenvalue weighted by Gasteiger charge is -2.13. The van der Waals surface area contributed by atoms with Crippen LogP contribution in [0.5, 0.6) is 0 Å². The van der Waals surface area contributed by atoms with Gasteiger partial charge in [-0.3, -0.25) is 19.2 Å². The number of amides is 4. The van der Waals surface area contributed by atoms with Gasteiger partial charge < -0.3 is 9.68 Å². The van der Waals surface area contributed by atoms with Crippen LogP contribution in [-0.4, -0.2) is 45.7 Å². The Kier molecular flexibility index (Phi) is 6.55. The van der Waals surface area contributed by atoms with Crippen LogP contribution in [0.2, 0.25) is 0 Å². The zero-order valence-electron chi connectivity index (χ0n) is 16.1. The maximum absolute atomic E-state index is 11.8. The first kappa shape index (κ1) is 21.2. The second-order valence-corrected chi connectivity index (χ2v) is 6.91. The molecule has 0 aliphatic carbocycles. The van der Waals surface area contributed by atoms with E-state index in [0.29, 0.717) is 23.0 Å². The van der Waals surface area contributed by atoms with E-state index in [-0.39, 0.29) is 38.5 Å². The molecule has 1 aromatic carbocycles. The summed E-state index contributed by atoms with van der Waals surface area (Å²) in [6.07, 6.45) is 0.906. The molecule has 2 heterocycles. The van der Waals surface area contributed by atoms with Gasteiger partial charge >= 0.3 is 11.9 Å². The molecule has 2 fully saturated rings. The first-order chi connectivity index (χ1) is 14.3. The van der Waals surface area contributed by atoms with E-state index in [1.807, 2.05) is 0 Å². The molecule has 0 atom stereocenters. The van der Waals surface area contributed by atoms with Crippen molar-refractivity contribution in [1.82, 2.24) is 10.1 Å². The van der Waals surface area contributed by atoms with E-state index < -0.39 is 35.6 Å². The van der Waals surface area contributed by atoms with Crippen molar-refractivity contribution < 1.29 is 38.4 Å². The van der Waals surface area contributed by atoms with E-state index in [9.17, 15) is 28.8 Å². The van der Waals surface area contributed by atoms with Crippen LogP contribution in [0.15, 0.2) is 24.3 Å². The van der Waals surface area contributed by atoms with Gasteiger partial charge in [0.1, 0.15) is 0 Å². The van der Waals surface area contributed by atoms with Crippen LogP contribution >= 0.6 is 0 Å². The van der Waals surface area contributed by atoms with Gasteiger partial charge in [-0.2, -0.15) is 0 Å². The molecule has 0 bridgehead atoms. The number of carbonyl (C=O) groups is 6. The largest absolute Gasteiger partial charge is 0.333 e. The normalized spacial score (nSPS) is 16.4. The average molecular weight is 416 g/mol. The molecule has 4 amide bonds. The van der Waals surface area contributed by atoms with Crippen molar-refractivity contribution in [3.8, 4) is 0 Å². The van der Waals surface area contributed by atoms with Crippen molar-refractivity contribution in [1.29, 1.82) is 0 Å². The van der Waals surface area contributed by atoms with Crippen LogP contribution in [0.1, 0.15) is 49.7 Å². The molecule has 30 heavy (non-hydrogen) atoms. The quantitative estimate of drug-likeness (QED) is 0.569. The fourth-order valence-electron chi connectivity index (χ4n) is 2.98. The highest BCUT2D eigenvalue weighted by Gasteiger charge is 2.33. The summed E-state index contributed by atoms with van der Waals surface area (Å²) in [6.45, 7) is 0. The number of rotatable bonds is 8. The summed E-state index contributed by atoms with van der Waals surface area (Å²) < 4.78 is 0. The van der Waals surface area contributed by atoms with Crippen molar-refractivity contribution in [2.45, 2.75) is 51.4 Å². The molecule has 0 N–H and O–H groups in total. The highest BCUT2D eigenvalue weighted by atomic mass is 16.7. The number of carbonyl (C=O) groups excluding carboxylic acids is 6. The molecule has 10 heteroatoms. The van der Waals surface area contributed by atoms with Gasteiger partial charge in [-0.1, -0.05) is 24.3 Å². The van der Waals surface area contributed by atoms with E-state index in [4.69, 9.17) is 9.68 Å². The molecule has 0 spiro atoms. The van der Waals surface area contributed by atoms with Crippen molar-refractivity contribution >= 4 is 35.6 Å². The lowest BCUT2D eigenvalue weighted by molar-refractivity contribution is -0.197. The van der Waals surface area contributed by atoms with Crippen LogP contribution in [0.25, 0.3) is 0 Å². The molecule has 0 unspecified atom stereocenters. The fraction of sp³-hybridized carbons (Fsp3) is 0.400. The second-order valence-electron chi connectivity index (χ2n) is 6.91. The molecule has 0 saturated carbocycles. The van der Waals surface area contributed by atoms with Gasteiger partial charge in [-0.15, -0.1) is 10.1 Å². The zero-order chi connectivity index (χ0) is 21.7. The number of nitrogens with zero attached hydrogens (tertiary/aromatic N) is 2. The topological polar surface area (TPSA) is 127 Å². The highest BCUT2D eigenvalue weighted by molar-refractivity contribution is 6.02. The third-order valence-corrected chi connectivity index (χ3v) is 4.66. The Bertz CT molecular complexity index is 788. The number of hydrogen-bond acceptors (Lipinski definition) is 8. The van der Waals surface area contributed by atoms with E-state index in [1.165, 1.54) is 0 Å². The van der Waals surface area contributed by atoms with E-state index in [2.05, 4.69) is 0 Å². The standard InChI is InChI=1S/C20H20N2O8/c23-15-7-8-16(24)21(15)29-19(27)11-5-13-1-2-14(4-3-13)6-12-20(28)30-22-17(25)9-10-18(22)26/h1-4H,5-12H2. The number of hydroxylamine groups is 4. The Morgan fingerprint density at radius 2 is 0.933 bits per heavy atom. The van der Waals surface area contributed by atoms with Gasteiger partial charge in [-0.05, 0) is 24.0 Å². The molecule has 2 saturated heterocycles. The Morgan fingerprint density at radius 1 is 0.633 bits per heavy atom. The minimum Gasteiger partial charge on any atom is -0.330 e. The Morgan fingerprint density at radius 3 is 1.23 bits per heavy atom. The molecule has 2 aliphatic rings. The molecular weight excluding hydrogens is 396 g/mol. The molecule has 2 aliphatic heterocycles. The monoisotopic (exact) mass is 416 g/mol. The van der Waals surface area contributed by atoms with Crippen LogP contribution in [0.3, 0.4) is 0 Å². The summed E-state index contributed by atoms with van der Waals surface area (Å²) >= 11 is 0. The maximum atomic E-state index is 11.8. The van der Waals surface area contributed by atoms with E-state index >= 15 is 0 Å². The number of aryl methyl sites for hydroxylation is 2. The van der Waals surface area contributed by atoms with E-state index in [0.717, 1.165) is 11.1 Å². The van der Waals surface area contributed by atoms with Crippen LogP contribution in [-0.2, 0) is 51.3 Å². The lowest BCUT2D eigenvalue weighted by atomic mass is 10.0. The summed E-state index contributed by atoms with van der Waals surface area (Å²) in [4.78, 5) is 79.0. The molecule has 1 aromatic rings. The van der Waals surface area contributed by atoms with Gasteiger partial charge in [-0.25, -0.2) is 9.59 Å². The third kappa shape index (κ3) is 5.28. The molecule has 0 aromatic heterocycles. The Labute approximate surface area is 171 Å². The predicted molar refractivity (Wildman–Crippen MR) is 97.4 cm³/mol. The summed E-state index contributed by atoms with van der Waals surface area (Å²) in [5.41, 5.74) is 1.68.